The first-order valence-corrected chi connectivity index (χ1v) is 9.11. The molecule has 1 fully saturated rings. The highest BCUT2D eigenvalue weighted by Gasteiger charge is 2.35. The molecular formula is C16H19NO3S. The third-order valence-corrected chi connectivity index (χ3v) is 6.02. The van der Waals surface area contributed by atoms with Crippen molar-refractivity contribution in [2.24, 2.45) is 5.92 Å². The fourth-order valence-corrected chi connectivity index (χ4v) is 4.76. The van der Waals surface area contributed by atoms with Crippen LogP contribution in [0.5, 0.6) is 0 Å². The van der Waals surface area contributed by atoms with E-state index in [9.17, 15) is 13.2 Å². The van der Waals surface area contributed by atoms with Crippen molar-refractivity contribution in [2.45, 2.75) is 12.8 Å². The van der Waals surface area contributed by atoms with Gasteiger partial charge in [-0.15, -0.1) is 0 Å². The van der Waals surface area contributed by atoms with Crippen LogP contribution in [-0.2, 0) is 14.6 Å². The molecule has 2 aliphatic rings. The fourth-order valence-electron chi connectivity index (χ4n) is 3.03. The third kappa shape index (κ3) is 3.18. The molecule has 1 saturated heterocycles. The highest BCUT2D eigenvalue weighted by atomic mass is 32.2. The summed E-state index contributed by atoms with van der Waals surface area (Å²) < 4.78 is 23.0. The van der Waals surface area contributed by atoms with Crippen molar-refractivity contribution in [2.75, 3.05) is 24.6 Å². The van der Waals surface area contributed by atoms with Crippen LogP contribution in [0.3, 0.4) is 0 Å². The summed E-state index contributed by atoms with van der Waals surface area (Å²) in [5, 5.41) is 0. The number of nitrogens with zero attached hydrogens (tertiary/aromatic N) is 1. The number of rotatable bonds is 2. The highest BCUT2D eigenvalue weighted by molar-refractivity contribution is 7.91. The van der Waals surface area contributed by atoms with Gasteiger partial charge in [-0.2, -0.15) is 0 Å². The molecule has 0 saturated carbocycles. The van der Waals surface area contributed by atoms with E-state index >= 15 is 0 Å². The van der Waals surface area contributed by atoms with Crippen LogP contribution in [0.15, 0.2) is 36.4 Å². The summed E-state index contributed by atoms with van der Waals surface area (Å²) in [6.07, 6.45) is 3.39. The third-order valence-electron chi connectivity index (χ3n) is 4.25. The minimum absolute atomic E-state index is 0.000522. The number of sulfone groups is 1. The van der Waals surface area contributed by atoms with Crippen LogP contribution in [0.1, 0.15) is 18.4 Å². The highest BCUT2D eigenvalue weighted by Crippen LogP contribution is 2.25. The van der Waals surface area contributed by atoms with Crippen molar-refractivity contribution in [1.29, 1.82) is 0 Å². The Kier molecular flexibility index (Phi) is 3.85. The number of hydrogen-bond donors (Lipinski definition) is 0. The molecule has 0 spiro atoms. The molecule has 0 aliphatic carbocycles. The molecule has 5 heteroatoms. The van der Waals surface area contributed by atoms with Crippen LogP contribution >= 0.6 is 0 Å². The molecule has 1 atom stereocenters. The molecule has 0 aromatic heterocycles. The molecule has 3 rings (SSSR count). The van der Waals surface area contributed by atoms with Crippen molar-refractivity contribution in [3.8, 4) is 0 Å². The Morgan fingerprint density at radius 1 is 1.19 bits per heavy atom. The SMILES string of the molecule is O=C([C@H]1CCS(=O)(=O)C1)N1CC=C(c2ccccc2)CC1. The minimum Gasteiger partial charge on any atom is -0.338 e. The van der Waals surface area contributed by atoms with Gasteiger partial charge in [0.05, 0.1) is 17.4 Å². The van der Waals surface area contributed by atoms with Gasteiger partial charge in [-0.25, -0.2) is 8.42 Å². The summed E-state index contributed by atoms with van der Waals surface area (Å²) in [7, 11) is -3.00. The average molecular weight is 305 g/mol. The molecule has 2 heterocycles. The molecule has 112 valence electrons. The van der Waals surface area contributed by atoms with Crippen molar-refractivity contribution < 1.29 is 13.2 Å². The number of benzene rings is 1. The van der Waals surface area contributed by atoms with E-state index in [4.69, 9.17) is 0 Å². The number of carbonyl (C=O) groups excluding carboxylic acids is 1. The molecule has 1 amide bonds. The summed E-state index contributed by atoms with van der Waals surface area (Å²) in [6.45, 7) is 1.26. The smallest absolute Gasteiger partial charge is 0.227 e. The second-order valence-corrected chi connectivity index (χ2v) is 7.96. The molecule has 21 heavy (non-hydrogen) atoms. The second kappa shape index (κ2) is 5.64. The van der Waals surface area contributed by atoms with E-state index in [0.717, 1.165) is 6.42 Å². The maximum Gasteiger partial charge on any atom is 0.227 e. The summed E-state index contributed by atoms with van der Waals surface area (Å²) in [5.74, 6) is -0.152. The van der Waals surface area contributed by atoms with Crippen LogP contribution in [0.25, 0.3) is 5.57 Å². The van der Waals surface area contributed by atoms with Gasteiger partial charge >= 0.3 is 0 Å². The quantitative estimate of drug-likeness (QED) is 0.836. The Balaban J connectivity index is 1.66. The monoisotopic (exact) mass is 305 g/mol. The maximum absolute atomic E-state index is 12.4. The van der Waals surface area contributed by atoms with E-state index in [-0.39, 0.29) is 23.3 Å². The lowest BCUT2D eigenvalue weighted by atomic mass is 9.98. The van der Waals surface area contributed by atoms with Crippen LogP contribution in [-0.4, -0.2) is 43.8 Å². The molecule has 0 bridgehead atoms. The first kappa shape index (κ1) is 14.3. The Morgan fingerprint density at radius 2 is 1.95 bits per heavy atom. The van der Waals surface area contributed by atoms with Gasteiger partial charge in [-0.1, -0.05) is 36.4 Å². The van der Waals surface area contributed by atoms with E-state index in [1.165, 1.54) is 11.1 Å². The van der Waals surface area contributed by atoms with Gasteiger partial charge in [-0.05, 0) is 24.0 Å². The molecule has 2 aliphatic heterocycles. The van der Waals surface area contributed by atoms with E-state index in [1.54, 1.807) is 4.90 Å². The normalized spacial score (nSPS) is 24.7. The lowest BCUT2D eigenvalue weighted by molar-refractivity contribution is -0.134. The minimum atomic E-state index is -3.00. The molecule has 4 nitrogen and oxygen atoms in total. The first-order chi connectivity index (χ1) is 10.1. The molecule has 1 aromatic carbocycles. The molecule has 0 radical (unpaired) electrons. The lowest BCUT2D eigenvalue weighted by Crippen LogP contribution is -2.39. The number of carbonyl (C=O) groups is 1. The Labute approximate surface area is 125 Å². The van der Waals surface area contributed by atoms with Gasteiger partial charge in [0.15, 0.2) is 9.84 Å². The molecule has 1 aromatic rings. The van der Waals surface area contributed by atoms with Gasteiger partial charge in [0, 0.05) is 13.1 Å². The zero-order chi connectivity index (χ0) is 14.9. The Hall–Kier alpha value is -1.62. The van der Waals surface area contributed by atoms with Crippen LogP contribution in [0.2, 0.25) is 0 Å². The summed E-state index contributed by atoms with van der Waals surface area (Å²) >= 11 is 0. The zero-order valence-corrected chi connectivity index (χ0v) is 12.7. The molecule has 0 N–H and O–H groups in total. The van der Waals surface area contributed by atoms with Crippen LogP contribution in [0, 0.1) is 5.92 Å². The Bertz CT molecular complexity index is 664. The Morgan fingerprint density at radius 3 is 2.52 bits per heavy atom. The van der Waals surface area contributed by atoms with Gasteiger partial charge in [0.2, 0.25) is 5.91 Å². The average Bonchev–Trinajstić information content (AvgIpc) is 2.88. The van der Waals surface area contributed by atoms with Gasteiger partial charge in [-0.3, -0.25) is 4.79 Å². The lowest BCUT2D eigenvalue weighted by Gasteiger charge is -2.28. The van der Waals surface area contributed by atoms with E-state index in [0.29, 0.717) is 19.5 Å². The van der Waals surface area contributed by atoms with E-state index in [2.05, 4.69) is 18.2 Å². The van der Waals surface area contributed by atoms with Crippen molar-refractivity contribution in [3.05, 3.63) is 42.0 Å². The van der Waals surface area contributed by atoms with Crippen LogP contribution in [0.4, 0.5) is 0 Å². The first-order valence-electron chi connectivity index (χ1n) is 7.29. The topological polar surface area (TPSA) is 54.5 Å². The maximum atomic E-state index is 12.4. The molecule has 0 unspecified atom stereocenters. The number of hydrogen-bond acceptors (Lipinski definition) is 3. The summed E-state index contributed by atoms with van der Waals surface area (Å²) in [5.41, 5.74) is 2.46. The predicted molar refractivity (Wildman–Crippen MR) is 82.4 cm³/mol. The number of amides is 1. The largest absolute Gasteiger partial charge is 0.338 e. The van der Waals surface area contributed by atoms with E-state index in [1.807, 2.05) is 18.2 Å². The van der Waals surface area contributed by atoms with Gasteiger partial charge in [0.1, 0.15) is 0 Å². The fraction of sp³-hybridized carbons (Fsp3) is 0.438. The van der Waals surface area contributed by atoms with Crippen molar-refractivity contribution >= 4 is 21.3 Å². The van der Waals surface area contributed by atoms with E-state index < -0.39 is 9.84 Å². The summed E-state index contributed by atoms with van der Waals surface area (Å²) in [4.78, 5) is 14.2. The second-order valence-electron chi connectivity index (χ2n) is 5.73. The predicted octanol–water partition coefficient (Wildman–Crippen LogP) is 1.74. The van der Waals surface area contributed by atoms with Crippen molar-refractivity contribution in [3.63, 3.8) is 0 Å². The van der Waals surface area contributed by atoms with Crippen LogP contribution < -0.4 is 0 Å². The van der Waals surface area contributed by atoms with Crippen molar-refractivity contribution in [1.82, 2.24) is 4.90 Å². The zero-order valence-electron chi connectivity index (χ0n) is 11.9. The molecular weight excluding hydrogens is 286 g/mol. The van der Waals surface area contributed by atoms with Gasteiger partial charge in [0.25, 0.3) is 0 Å². The summed E-state index contributed by atoms with van der Waals surface area (Å²) in [6, 6.07) is 10.2. The van der Waals surface area contributed by atoms with Gasteiger partial charge < -0.3 is 4.90 Å². The standard InChI is InChI=1S/C16H19NO3S/c18-16(15-8-11-21(19,20)12-15)17-9-6-14(7-10-17)13-4-2-1-3-5-13/h1-6,15H,7-12H2/t15-/m0/s1.